The fourth-order valence-electron chi connectivity index (χ4n) is 2.56. The SMILES string of the molecule is CCCC(C)NC(=O)CN1CCC(CCN)C1. The molecular weight excluding hydrogens is 214 g/mol. The highest BCUT2D eigenvalue weighted by molar-refractivity contribution is 5.78. The van der Waals surface area contributed by atoms with Gasteiger partial charge in [0.15, 0.2) is 0 Å². The number of hydrogen-bond donors (Lipinski definition) is 2. The van der Waals surface area contributed by atoms with Crippen LogP contribution in [0.5, 0.6) is 0 Å². The average molecular weight is 241 g/mol. The number of carbonyl (C=O) groups excluding carboxylic acids is 1. The third-order valence-electron chi connectivity index (χ3n) is 3.44. The van der Waals surface area contributed by atoms with Crippen LogP contribution in [-0.4, -0.2) is 43.0 Å². The number of nitrogens with one attached hydrogen (secondary N) is 1. The Bertz CT molecular complexity index is 233. The summed E-state index contributed by atoms with van der Waals surface area (Å²) in [4.78, 5) is 14.0. The minimum absolute atomic E-state index is 0.166. The number of nitrogens with zero attached hydrogens (tertiary/aromatic N) is 1. The summed E-state index contributed by atoms with van der Waals surface area (Å²) in [6.45, 7) is 7.60. The summed E-state index contributed by atoms with van der Waals surface area (Å²) in [5.41, 5.74) is 5.56. The molecule has 0 bridgehead atoms. The zero-order chi connectivity index (χ0) is 12.7. The average Bonchev–Trinajstić information content (AvgIpc) is 2.66. The zero-order valence-electron chi connectivity index (χ0n) is 11.2. The van der Waals surface area contributed by atoms with Crippen LogP contribution in [0.2, 0.25) is 0 Å². The molecule has 0 radical (unpaired) electrons. The number of nitrogens with two attached hydrogens (primary N) is 1. The van der Waals surface area contributed by atoms with Gasteiger partial charge in [-0.05, 0) is 45.2 Å². The molecule has 1 aliphatic rings. The first kappa shape index (κ1) is 14.5. The fourth-order valence-corrected chi connectivity index (χ4v) is 2.56. The van der Waals surface area contributed by atoms with Gasteiger partial charge in [-0.3, -0.25) is 9.69 Å². The highest BCUT2D eigenvalue weighted by atomic mass is 16.2. The van der Waals surface area contributed by atoms with Crippen molar-refractivity contribution in [2.45, 2.75) is 45.6 Å². The summed E-state index contributed by atoms with van der Waals surface area (Å²) in [5, 5.41) is 3.05. The van der Waals surface area contributed by atoms with Gasteiger partial charge in [-0.25, -0.2) is 0 Å². The maximum atomic E-state index is 11.8. The van der Waals surface area contributed by atoms with E-state index in [0.717, 1.165) is 38.9 Å². The summed E-state index contributed by atoms with van der Waals surface area (Å²) in [7, 11) is 0. The van der Waals surface area contributed by atoms with Crippen molar-refractivity contribution >= 4 is 5.91 Å². The summed E-state index contributed by atoms with van der Waals surface area (Å²) < 4.78 is 0. The van der Waals surface area contributed by atoms with Crippen LogP contribution in [0.15, 0.2) is 0 Å². The highest BCUT2D eigenvalue weighted by Gasteiger charge is 2.23. The first-order chi connectivity index (χ1) is 8.15. The Morgan fingerprint density at radius 3 is 3.00 bits per heavy atom. The van der Waals surface area contributed by atoms with Gasteiger partial charge < -0.3 is 11.1 Å². The quantitative estimate of drug-likeness (QED) is 0.698. The minimum Gasteiger partial charge on any atom is -0.353 e. The van der Waals surface area contributed by atoms with E-state index in [0.29, 0.717) is 18.5 Å². The predicted octanol–water partition coefficient (Wildman–Crippen LogP) is 0.962. The molecule has 1 amide bonds. The molecule has 1 heterocycles. The Hall–Kier alpha value is -0.610. The van der Waals surface area contributed by atoms with Gasteiger partial charge in [0.25, 0.3) is 0 Å². The van der Waals surface area contributed by atoms with E-state index >= 15 is 0 Å². The third kappa shape index (κ3) is 5.50. The molecule has 17 heavy (non-hydrogen) atoms. The molecule has 0 aromatic rings. The Morgan fingerprint density at radius 2 is 2.35 bits per heavy atom. The molecule has 0 saturated carbocycles. The van der Waals surface area contributed by atoms with E-state index in [9.17, 15) is 4.79 Å². The first-order valence-electron chi connectivity index (χ1n) is 6.87. The molecule has 100 valence electrons. The van der Waals surface area contributed by atoms with Gasteiger partial charge in [-0.15, -0.1) is 0 Å². The summed E-state index contributed by atoms with van der Waals surface area (Å²) in [5.74, 6) is 0.861. The third-order valence-corrected chi connectivity index (χ3v) is 3.44. The Balaban J connectivity index is 2.19. The van der Waals surface area contributed by atoms with E-state index in [1.807, 2.05) is 0 Å². The number of hydrogen-bond acceptors (Lipinski definition) is 3. The van der Waals surface area contributed by atoms with Crippen molar-refractivity contribution in [2.24, 2.45) is 11.7 Å². The van der Waals surface area contributed by atoms with Crippen LogP contribution >= 0.6 is 0 Å². The van der Waals surface area contributed by atoms with Crippen LogP contribution in [0.25, 0.3) is 0 Å². The Morgan fingerprint density at radius 1 is 1.59 bits per heavy atom. The predicted molar refractivity (Wildman–Crippen MR) is 70.7 cm³/mol. The fraction of sp³-hybridized carbons (Fsp3) is 0.923. The molecule has 0 aromatic carbocycles. The van der Waals surface area contributed by atoms with E-state index in [1.165, 1.54) is 6.42 Å². The summed E-state index contributed by atoms with van der Waals surface area (Å²) >= 11 is 0. The molecule has 2 unspecified atom stereocenters. The number of rotatable bonds is 7. The van der Waals surface area contributed by atoms with Gasteiger partial charge in [0.05, 0.1) is 6.54 Å². The lowest BCUT2D eigenvalue weighted by Crippen LogP contribution is -2.40. The van der Waals surface area contributed by atoms with Crippen molar-refractivity contribution in [3.8, 4) is 0 Å². The second kappa shape index (κ2) is 7.67. The molecule has 0 aliphatic carbocycles. The lowest BCUT2D eigenvalue weighted by atomic mass is 10.1. The number of likely N-dealkylation sites (tertiary alicyclic amines) is 1. The Kier molecular flexibility index (Phi) is 6.52. The van der Waals surface area contributed by atoms with Crippen LogP contribution in [-0.2, 0) is 4.79 Å². The molecule has 4 nitrogen and oxygen atoms in total. The van der Waals surface area contributed by atoms with E-state index in [2.05, 4.69) is 24.1 Å². The summed E-state index contributed by atoms with van der Waals surface area (Å²) in [6, 6.07) is 0.301. The van der Waals surface area contributed by atoms with Gasteiger partial charge in [0.2, 0.25) is 5.91 Å². The molecule has 1 rings (SSSR count). The van der Waals surface area contributed by atoms with Crippen molar-refractivity contribution in [1.29, 1.82) is 0 Å². The van der Waals surface area contributed by atoms with E-state index in [4.69, 9.17) is 5.73 Å². The molecule has 1 saturated heterocycles. The lowest BCUT2D eigenvalue weighted by molar-refractivity contribution is -0.122. The molecule has 1 aliphatic heterocycles. The Labute approximate surface area is 105 Å². The summed E-state index contributed by atoms with van der Waals surface area (Å²) in [6.07, 6.45) is 4.45. The van der Waals surface area contributed by atoms with Crippen molar-refractivity contribution < 1.29 is 4.79 Å². The van der Waals surface area contributed by atoms with Crippen LogP contribution in [0.4, 0.5) is 0 Å². The van der Waals surface area contributed by atoms with Crippen molar-refractivity contribution in [3.05, 3.63) is 0 Å². The van der Waals surface area contributed by atoms with Crippen LogP contribution in [0.3, 0.4) is 0 Å². The maximum absolute atomic E-state index is 11.8. The molecule has 0 spiro atoms. The van der Waals surface area contributed by atoms with Crippen LogP contribution in [0, 0.1) is 5.92 Å². The van der Waals surface area contributed by atoms with Crippen molar-refractivity contribution in [3.63, 3.8) is 0 Å². The molecule has 3 N–H and O–H groups in total. The van der Waals surface area contributed by atoms with Gasteiger partial charge in [0.1, 0.15) is 0 Å². The normalized spacial score (nSPS) is 22.6. The maximum Gasteiger partial charge on any atom is 0.234 e. The number of carbonyl (C=O) groups is 1. The molecule has 2 atom stereocenters. The molecule has 0 aromatic heterocycles. The minimum atomic E-state index is 0.166. The van der Waals surface area contributed by atoms with E-state index in [-0.39, 0.29) is 5.91 Å². The van der Waals surface area contributed by atoms with Gasteiger partial charge in [-0.1, -0.05) is 13.3 Å². The zero-order valence-corrected chi connectivity index (χ0v) is 11.2. The first-order valence-corrected chi connectivity index (χ1v) is 6.87. The highest BCUT2D eigenvalue weighted by Crippen LogP contribution is 2.18. The van der Waals surface area contributed by atoms with Gasteiger partial charge in [0, 0.05) is 12.6 Å². The van der Waals surface area contributed by atoms with Crippen LogP contribution < -0.4 is 11.1 Å². The van der Waals surface area contributed by atoms with E-state index < -0.39 is 0 Å². The van der Waals surface area contributed by atoms with Crippen molar-refractivity contribution in [2.75, 3.05) is 26.2 Å². The van der Waals surface area contributed by atoms with Crippen molar-refractivity contribution in [1.82, 2.24) is 10.2 Å². The molecule has 4 heteroatoms. The van der Waals surface area contributed by atoms with Gasteiger partial charge in [-0.2, -0.15) is 0 Å². The van der Waals surface area contributed by atoms with Crippen LogP contribution in [0.1, 0.15) is 39.5 Å². The second-order valence-electron chi connectivity index (χ2n) is 5.22. The molecular formula is C13H27N3O. The topological polar surface area (TPSA) is 58.4 Å². The molecule has 1 fully saturated rings. The van der Waals surface area contributed by atoms with E-state index in [1.54, 1.807) is 0 Å². The standard InChI is InChI=1S/C13H27N3O/c1-3-4-11(2)15-13(17)10-16-8-6-12(9-16)5-7-14/h11-12H,3-10,14H2,1-2H3,(H,15,17). The lowest BCUT2D eigenvalue weighted by Gasteiger charge is -2.18. The van der Waals surface area contributed by atoms with Gasteiger partial charge >= 0.3 is 0 Å². The number of amides is 1. The second-order valence-corrected chi connectivity index (χ2v) is 5.22. The monoisotopic (exact) mass is 241 g/mol. The largest absolute Gasteiger partial charge is 0.353 e. The smallest absolute Gasteiger partial charge is 0.234 e.